The van der Waals surface area contributed by atoms with Crippen LogP contribution in [0.4, 0.5) is 0 Å². The van der Waals surface area contributed by atoms with Gasteiger partial charge in [0.15, 0.2) is 0 Å². The molecule has 1 heterocycles. The van der Waals surface area contributed by atoms with E-state index in [4.69, 9.17) is 0 Å². The largest absolute Gasteiger partial charge is 0.353 e. The van der Waals surface area contributed by atoms with Crippen LogP contribution in [0.15, 0.2) is 0 Å². The SMILES string of the molecule is CCC(C)NC(=O)CN1CCN(CC(=O)NC2CCC(C)CC2)CC1. The highest BCUT2D eigenvalue weighted by Crippen LogP contribution is 2.23. The Morgan fingerprint density at radius 1 is 0.960 bits per heavy atom. The third-order valence-electron chi connectivity index (χ3n) is 5.60. The molecular formula is C19H36N4O2. The summed E-state index contributed by atoms with van der Waals surface area (Å²) in [5.74, 6) is 1.06. The van der Waals surface area contributed by atoms with Crippen molar-refractivity contribution in [2.24, 2.45) is 5.92 Å². The van der Waals surface area contributed by atoms with Crippen molar-refractivity contribution < 1.29 is 9.59 Å². The molecule has 144 valence electrons. The van der Waals surface area contributed by atoms with E-state index in [9.17, 15) is 9.59 Å². The quantitative estimate of drug-likeness (QED) is 0.723. The molecule has 1 aliphatic heterocycles. The van der Waals surface area contributed by atoms with Crippen LogP contribution in [0.5, 0.6) is 0 Å². The number of nitrogens with one attached hydrogen (secondary N) is 2. The molecule has 0 radical (unpaired) electrons. The van der Waals surface area contributed by atoms with E-state index in [0.717, 1.165) is 51.4 Å². The lowest BCUT2D eigenvalue weighted by Crippen LogP contribution is -2.52. The fourth-order valence-corrected chi connectivity index (χ4v) is 3.61. The average Bonchev–Trinajstić information content (AvgIpc) is 2.58. The summed E-state index contributed by atoms with van der Waals surface area (Å²) in [6.45, 7) is 10.7. The topological polar surface area (TPSA) is 64.7 Å². The predicted octanol–water partition coefficient (Wildman–Crippen LogP) is 1.21. The lowest BCUT2D eigenvalue weighted by Gasteiger charge is -2.34. The molecule has 2 aliphatic rings. The van der Waals surface area contributed by atoms with Crippen molar-refractivity contribution >= 4 is 11.8 Å². The Hall–Kier alpha value is -1.14. The molecule has 0 bridgehead atoms. The first-order chi connectivity index (χ1) is 12.0. The fourth-order valence-electron chi connectivity index (χ4n) is 3.61. The van der Waals surface area contributed by atoms with Crippen molar-refractivity contribution in [2.75, 3.05) is 39.3 Å². The van der Waals surface area contributed by atoms with Gasteiger partial charge in [-0.2, -0.15) is 0 Å². The third-order valence-corrected chi connectivity index (χ3v) is 5.60. The monoisotopic (exact) mass is 352 g/mol. The molecule has 0 aromatic heterocycles. The van der Waals surface area contributed by atoms with Gasteiger partial charge in [0, 0.05) is 38.3 Å². The first-order valence-corrected chi connectivity index (χ1v) is 9.99. The zero-order chi connectivity index (χ0) is 18.2. The molecule has 25 heavy (non-hydrogen) atoms. The van der Waals surface area contributed by atoms with E-state index >= 15 is 0 Å². The average molecular weight is 353 g/mol. The number of carbonyl (C=O) groups excluding carboxylic acids is 2. The molecule has 2 fully saturated rings. The van der Waals surface area contributed by atoms with Crippen molar-refractivity contribution in [3.8, 4) is 0 Å². The smallest absolute Gasteiger partial charge is 0.234 e. The van der Waals surface area contributed by atoms with Crippen LogP contribution in [0.25, 0.3) is 0 Å². The zero-order valence-corrected chi connectivity index (χ0v) is 16.2. The Balaban J connectivity index is 1.61. The maximum absolute atomic E-state index is 12.2. The van der Waals surface area contributed by atoms with Gasteiger partial charge >= 0.3 is 0 Å². The molecule has 6 nitrogen and oxygen atoms in total. The molecule has 2 rings (SSSR count). The summed E-state index contributed by atoms with van der Waals surface area (Å²) in [4.78, 5) is 28.6. The standard InChI is InChI=1S/C19H36N4O2/c1-4-16(3)20-18(24)13-22-9-11-23(12-10-22)14-19(25)21-17-7-5-15(2)6-8-17/h15-17H,4-14H2,1-3H3,(H,20,24)(H,21,25). The lowest BCUT2D eigenvalue weighted by atomic mass is 9.87. The van der Waals surface area contributed by atoms with Gasteiger partial charge in [-0.1, -0.05) is 13.8 Å². The van der Waals surface area contributed by atoms with Gasteiger partial charge in [-0.05, 0) is 44.9 Å². The first-order valence-electron chi connectivity index (χ1n) is 9.99. The summed E-state index contributed by atoms with van der Waals surface area (Å²) in [6, 6.07) is 0.606. The van der Waals surface area contributed by atoms with Crippen molar-refractivity contribution in [2.45, 2.75) is 65.0 Å². The van der Waals surface area contributed by atoms with Crippen molar-refractivity contribution in [3.05, 3.63) is 0 Å². The molecule has 1 aliphatic carbocycles. The molecule has 6 heteroatoms. The minimum atomic E-state index is 0.104. The van der Waals surface area contributed by atoms with Crippen molar-refractivity contribution in [1.82, 2.24) is 20.4 Å². The van der Waals surface area contributed by atoms with Crippen LogP contribution in [-0.2, 0) is 9.59 Å². The highest BCUT2D eigenvalue weighted by atomic mass is 16.2. The molecule has 0 spiro atoms. The van der Waals surface area contributed by atoms with Gasteiger partial charge in [-0.15, -0.1) is 0 Å². The Bertz CT molecular complexity index is 427. The van der Waals surface area contributed by atoms with E-state index in [0.29, 0.717) is 19.1 Å². The number of amides is 2. The molecule has 1 unspecified atom stereocenters. The molecule has 2 amide bonds. The second-order valence-corrected chi connectivity index (χ2v) is 7.95. The van der Waals surface area contributed by atoms with Crippen LogP contribution in [0, 0.1) is 5.92 Å². The third kappa shape index (κ3) is 7.32. The lowest BCUT2D eigenvalue weighted by molar-refractivity contribution is -0.125. The Morgan fingerprint density at radius 3 is 2.00 bits per heavy atom. The van der Waals surface area contributed by atoms with Gasteiger partial charge in [-0.25, -0.2) is 0 Å². The number of hydrogen-bond acceptors (Lipinski definition) is 4. The second-order valence-electron chi connectivity index (χ2n) is 7.95. The zero-order valence-electron chi connectivity index (χ0n) is 16.2. The van der Waals surface area contributed by atoms with Crippen LogP contribution < -0.4 is 10.6 Å². The van der Waals surface area contributed by atoms with E-state index < -0.39 is 0 Å². The van der Waals surface area contributed by atoms with Gasteiger partial charge in [0.1, 0.15) is 0 Å². The molecule has 0 aromatic rings. The van der Waals surface area contributed by atoms with Crippen LogP contribution >= 0.6 is 0 Å². The second kappa shape index (κ2) is 10.1. The highest BCUT2D eigenvalue weighted by molar-refractivity contribution is 5.79. The Labute approximate surface area is 152 Å². The van der Waals surface area contributed by atoms with Crippen molar-refractivity contribution in [3.63, 3.8) is 0 Å². The first kappa shape index (κ1) is 20.2. The number of rotatable bonds is 7. The van der Waals surface area contributed by atoms with E-state index in [2.05, 4.69) is 34.3 Å². The van der Waals surface area contributed by atoms with Crippen LogP contribution in [-0.4, -0.2) is 73.0 Å². The van der Waals surface area contributed by atoms with Crippen molar-refractivity contribution in [1.29, 1.82) is 0 Å². The summed E-state index contributed by atoms with van der Waals surface area (Å²) in [5.41, 5.74) is 0. The predicted molar refractivity (Wildman–Crippen MR) is 100 cm³/mol. The minimum Gasteiger partial charge on any atom is -0.353 e. The van der Waals surface area contributed by atoms with Gasteiger partial charge in [0.05, 0.1) is 13.1 Å². The van der Waals surface area contributed by atoms with E-state index in [1.165, 1.54) is 12.8 Å². The normalized spacial score (nSPS) is 26.8. The van der Waals surface area contributed by atoms with Gasteiger partial charge in [-0.3, -0.25) is 19.4 Å². The number of nitrogens with zero attached hydrogens (tertiary/aromatic N) is 2. The number of carbonyl (C=O) groups is 2. The van der Waals surface area contributed by atoms with Crippen LogP contribution in [0.3, 0.4) is 0 Å². The summed E-state index contributed by atoms with van der Waals surface area (Å²) in [6.07, 6.45) is 5.64. The van der Waals surface area contributed by atoms with Gasteiger partial charge in [0.2, 0.25) is 11.8 Å². The van der Waals surface area contributed by atoms with Crippen LogP contribution in [0.1, 0.15) is 52.9 Å². The molecule has 2 N–H and O–H groups in total. The Kier molecular flexibility index (Phi) is 8.16. The van der Waals surface area contributed by atoms with Gasteiger partial charge in [0.25, 0.3) is 0 Å². The summed E-state index contributed by atoms with van der Waals surface area (Å²) in [5, 5.41) is 6.21. The summed E-state index contributed by atoms with van der Waals surface area (Å²) >= 11 is 0. The minimum absolute atomic E-state index is 0.104. The van der Waals surface area contributed by atoms with E-state index in [1.807, 2.05) is 6.92 Å². The number of piperazine rings is 1. The molecule has 1 atom stereocenters. The summed E-state index contributed by atoms with van der Waals surface area (Å²) < 4.78 is 0. The van der Waals surface area contributed by atoms with Gasteiger partial charge < -0.3 is 10.6 Å². The molecule has 0 aromatic carbocycles. The number of hydrogen-bond donors (Lipinski definition) is 2. The van der Waals surface area contributed by atoms with Crippen LogP contribution in [0.2, 0.25) is 0 Å². The highest BCUT2D eigenvalue weighted by Gasteiger charge is 2.23. The maximum Gasteiger partial charge on any atom is 0.234 e. The van der Waals surface area contributed by atoms with E-state index in [-0.39, 0.29) is 17.9 Å². The maximum atomic E-state index is 12.2. The molecule has 1 saturated heterocycles. The summed E-state index contributed by atoms with van der Waals surface area (Å²) in [7, 11) is 0. The van der Waals surface area contributed by atoms with E-state index in [1.54, 1.807) is 0 Å². The fraction of sp³-hybridized carbons (Fsp3) is 0.895. The Morgan fingerprint density at radius 2 is 1.48 bits per heavy atom. The molecule has 1 saturated carbocycles. The molecular weight excluding hydrogens is 316 g/mol.